The molecular formula is C14H13Cl2NO2. The molecule has 0 aliphatic carbocycles. The summed E-state index contributed by atoms with van der Waals surface area (Å²) in [6.07, 6.45) is 1.52. The van der Waals surface area contributed by atoms with Crippen LogP contribution in [-0.2, 0) is 6.61 Å². The minimum atomic E-state index is -0.105. The van der Waals surface area contributed by atoms with E-state index in [1.807, 2.05) is 26.0 Å². The summed E-state index contributed by atoms with van der Waals surface area (Å²) in [5.74, 6) is 0.936. The molecule has 2 rings (SSSR count). The second kappa shape index (κ2) is 5.78. The van der Waals surface area contributed by atoms with Crippen molar-refractivity contribution in [2.45, 2.75) is 20.5 Å². The summed E-state index contributed by atoms with van der Waals surface area (Å²) in [6.45, 7) is 3.71. The van der Waals surface area contributed by atoms with Crippen LogP contribution in [-0.4, -0.2) is 10.1 Å². The maximum atomic E-state index is 8.99. The zero-order valence-corrected chi connectivity index (χ0v) is 12.1. The molecule has 1 heterocycles. The van der Waals surface area contributed by atoms with Gasteiger partial charge in [-0.1, -0.05) is 23.2 Å². The maximum Gasteiger partial charge on any atom is 0.238 e. The van der Waals surface area contributed by atoms with E-state index < -0.39 is 0 Å². The Bertz CT molecular complexity index is 591. The average molecular weight is 298 g/mol. The van der Waals surface area contributed by atoms with Gasteiger partial charge in [0.1, 0.15) is 10.8 Å². The van der Waals surface area contributed by atoms with Gasteiger partial charge in [0, 0.05) is 11.2 Å². The number of rotatable bonds is 3. The van der Waals surface area contributed by atoms with Gasteiger partial charge in [-0.15, -0.1) is 0 Å². The Labute approximate surface area is 121 Å². The van der Waals surface area contributed by atoms with Crippen molar-refractivity contribution in [1.29, 1.82) is 0 Å². The van der Waals surface area contributed by atoms with E-state index in [2.05, 4.69) is 4.98 Å². The van der Waals surface area contributed by atoms with Crippen LogP contribution in [0.2, 0.25) is 10.0 Å². The van der Waals surface area contributed by atoms with Crippen LogP contribution in [0.4, 0.5) is 0 Å². The first-order chi connectivity index (χ1) is 9.01. The van der Waals surface area contributed by atoms with Crippen molar-refractivity contribution in [3.8, 4) is 11.6 Å². The number of pyridine rings is 1. The van der Waals surface area contributed by atoms with Crippen LogP contribution < -0.4 is 4.74 Å². The van der Waals surface area contributed by atoms with E-state index in [0.29, 0.717) is 22.2 Å². The van der Waals surface area contributed by atoms with Crippen LogP contribution in [0.3, 0.4) is 0 Å². The second-order valence-corrected chi connectivity index (χ2v) is 5.05. The topological polar surface area (TPSA) is 42.4 Å². The van der Waals surface area contributed by atoms with E-state index >= 15 is 0 Å². The molecule has 19 heavy (non-hydrogen) atoms. The first-order valence-corrected chi connectivity index (χ1v) is 6.46. The van der Waals surface area contributed by atoms with Crippen LogP contribution in [0, 0.1) is 13.8 Å². The van der Waals surface area contributed by atoms with Crippen molar-refractivity contribution < 1.29 is 9.84 Å². The second-order valence-electron chi connectivity index (χ2n) is 4.26. The lowest BCUT2D eigenvalue weighted by molar-refractivity contribution is 0.281. The van der Waals surface area contributed by atoms with Crippen molar-refractivity contribution in [3.05, 3.63) is 51.1 Å². The fourth-order valence-corrected chi connectivity index (χ4v) is 2.04. The standard InChI is InChI=1S/C14H13Cl2NO2/c1-8-3-11(4-9(2)13(8)16)19-14-12(15)5-10(7-18)6-17-14/h3-6,18H,7H2,1-2H3. The number of aromatic nitrogens is 1. The molecule has 2 aromatic rings. The number of halogens is 2. The molecule has 0 atom stereocenters. The molecule has 0 fully saturated rings. The summed E-state index contributed by atoms with van der Waals surface area (Å²) in [5.41, 5.74) is 2.50. The molecule has 0 aliphatic heterocycles. The van der Waals surface area contributed by atoms with Gasteiger partial charge in [-0.3, -0.25) is 0 Å². The van der Waals surface area contributed by atoms with Crippen molar-refractivity contribution >= 4 is 23.2 Å². The van der Waals surface area contributed by atoms with Gasteiger partial charge in [-0.2, -0.15) is 0 Å². The number of nitrogens with zero attached hydrogens (tertiary/aromatic N) is 1. The quantitative estimate of drug-likeness (QED) is 0.919. The van der Waals surface area contributed by atoms with Crippen molar-refractivity contribution in [3.63, 3.8) is 0 Å². The molecule has 0 bridgehead atoms. The molecule has 0 radical (unpaired) electrons. The predicted molar refractivity (Wildman–Crippen MR) is 76.2 cm³/mol. The van der Waals surface area contributed by atoms with Crippen LogP contribution in [0.25, 0.3) is 0 Å². The van der Waals surface area contributed by atoms with E-state index in [0.717, 1.165) is 16.1 Å². The Kier molecular flexibility index (Phi) is 4.30. The number of benzene rings is 1. The molecule has 0 spiro atoms. The van der Waals surface area contributed by atoms with Gasteiger partial charge in [0.2, 0.25) is 5.88 Å². The monoisotopic (exact) mass is 297 g/mol. The summed E-state index contributed by atoms with van der Waals surface area (Å²) < 4.78 is 5.64. The van der Waals surface area contributed by atoms with Gasteiger partial charge >= 0.3 is 0 Å². The number of hydrogen-bond acceptors (Lipinski definition) is 3. The highest BCUT2D eigenvalue weighted by Gasteiger charge is 2.09. The molecule has 1 N–H and O–H groups in total. The predicted octanol–water partition coefficient (Wildman–Crippen LogP) is 4.29. The third-order valence-electron chi connectivity index (χ3n) is 2.67. The summed E-state index contributed by atoms with van der Waals surface area (Å²) in [4.78, 5) is 4.08. The molecule has 0 unspecified atom stereocenters. The third kappa shape index (κ3) is 3.18. The van der Waals surface area contributed by atoms with Gasteiger partial charge in [0.05, 0.1) is 6.61 Å². The average Bonchev–Trinajstić information content (AvgIpc) is 2.38. The summed E-state index contributed by atoms with van der Waals surface area (Å²) in [7, 11) is 0. The lowest BCUT2D eigenvalue weighted by Crippen LogP contribution is -1.93. The fraction of sp³-hybridized carbons (Fsp3) is 0.214. The smallest absolute Gasteiger partial charge is 0.238 e. The third-order valence-corrected chi connectivity index (χ3v) is 3.54. The van der Waals surface area contributed by atoms with Gasteiger partial charge < -0.3 is 9.84 Å². The zero-order chi connectivity index (χ0) is 14.0. The number of hydrogen-bond donors (Lipinski definition) is 1. The van der Waals surface area contributed by atoms with Gasteiger partial charge in [0.15, 0.2) is 0 Å². The Morgan fingerprint density at radius 3 is 2.32 bits per heavy atom. The lowest BCUT2D eigenvalue weighted by Gasteiger charge is -2.10. The highest BCUT2D eigenvalue weighted by atomic mass is 35.5. The molecule has 0 saturated carbocycles. The zero-order valence-electron chi connectivity index (χ0n) is 10.6. The van der Waals surface area contributed by atoms with Crippen LogP contribution in [0.15, 0.2) is 24.4 Å². The number of aryl methyl sites for hydroxylation is 2. The number of ether oxygens (including phenoxy) is 1. The maximum absolute atomic E-state index is 8.99. The Balaban J connectivity index is 2.31. The van der Waals surface area contributed by atoms with Crippen LogP contribution >= 0.6 is 23.2 Å². The minimum Gasteiger partial charge on any atom is -0.438 e. The summed E-state index contributed by atoms with van der Waals surface area (Å²) in [5, 5.41) is 10.1. The molecule has 0 aliphatic rings. The molecule has 0 saturated heterocycles. The van der Waals surface area contributed by atoms with E-state index in [-0.39, 0.29) is 6.61 Å². The lowest BCUT2D eigenvalue weighted by atomic mass is 10.1. The SMILES string of the molecule is Cc1cc(Oc2ncc(CO)cc2Cl)cc(C)c1Cl. The molecule has 1 aromatic carbocycles. The molecule has 3 nitrogen and oxygen atoms in total. The highest BCUT2D eigenvalue weighted by molar-refractivity contribution is 6.32. The van der Waals surface area contributed by atoms with Crippen LogP contribution in [0.1, 0.15) is 16.7 Å². The highest BCUT2D eigenvalue weighted by Crippen LogP contribution is 2.31. The first kappa shape index (κ1) is 14.1. The van der Waals surface area contributed by atoms with Gasteiger partial charge in [0.25, 0.3) is 0 Å². The van der Waals surface area contributed by atoms with Crippen molar-refractivity contribution in [1.82, 2.24) is 4.98 Å². The number of aliphatic hydroxyl groups excluding tert-OH is 1. The Hall–Kier alpha value is -1.29. The van der Waals surface area contributed by atoms with Gasteiger partial charge in [-0.05, 0) is 48.7 Å². The normalized spacial score (nSPS) is 10.6. The van der Waals surface area contributed by atoms with Crippen molar-refractivity contribution in [2.75, 3.05) is 0 Å². The van der Waals surface area contributed by atoms with Crippen molar-refractivity contribution in [2.24, 2.45) is 0 Å². The minimum absolute atomic E-state index is 0.105. The van der Waals surface area contributed by atoms with E-state index in [1.165, 1.54) is 6.20 Å². The summed E-state index contributed by atoms with van der Waals surface area (Å²) in [6, 6.07) is 5.28. The number of aliphatic hydroxyl groups is 1. The van der Waals surface area contributed by atoms with E-state index in [1.54, 1.807) is 6.07 Å². The molecular weight excluding hydrogens is 285 g/mol. The van der Waals surface area contributed by atoms with E-state index in [4.69, 9.17) is 33.0 Å². The Morgan fingerprint density at radius 2 is 1.79 bits per heavy atom. The molecule has 0 amide bonds. The molecule has 5 heteroatoms. The fourth-order valence-electron chi connectivity index (χ4n) is 1.70. The largest absolute Gasteiger partial charge is 0.438 e. The summed E-state index contributed by atoms with van der Waals surface area (Å²) >= 11 is 12.1. The Morgan fingerprint density at radius 1 is 1.16 bits per heavy atom. The first-order valence-electron chi connectivity index (χ1n) is 5.71. The van der Waals surface area contributed by atoms with Crippen LogP contribution in [0.5, 0.6) is 11.6 Å². The van der Waals surface area contributed by atoms with Gasteiger partial charge in [-0.25, -0.2) is 4.98 Å². The van der Waals surface area contributed by atoms with E-state index in [9.17, 15) is 0 Å². The molecule has 1 aromatic heterocycles. The molecule has 100 valence electrons.